The van der Waals surface area contributed by atoms with Gasteiger partial charge < -0.3 is 19.9 Å². The largest absolute Gasteiger partial charge is 0.485 e. The summed E-state index contributed by atoms with van der Waals surface area (Å²) in [6, 6.07) is 16.8. The molecule has 1 N–H and O–H groups in total. The van der Waals surface area contributed by atoms with Crippen LogP contribution in [0.5, 0.6) is 5.75 Å². The summed E-state index contributed by atoms with van der Waals surface area (Å²) in [5.41, 5.74) is 2.14. The Kier molecular flexibility index (Phi) is 9.28. The second-order valence-corrected chi connectivity index (χ2v) is 10.0. The number of amides is 1. The van der Waals surface area contributed by atoms with Gasteiger partial charge in [0.2, 0.25) is 5.91 Å². The maximum Gasteiger partial charge on any atom is 0.224 e. The van der Waals surface area contributed by atoms with Crippen molar-refractivity contribution in [1.82, 2.24) is 15.2 Å². The number of aromatic nitrogens is 1. The Morgan fingerprint density at radius 2 is 2.03 bits per heavy atom. The van der Waals surface area contributed by atoms with E-state index >= 15 is 0 Å². The van der Waals surface area contributed by atoms with Gasteiger partial charge in [0.05, 0.1) is 11.9 Å². The van der Waals surface area contributed by atoms with E-state index in [0.29, 0.717) is 0 Å². The van der Waals surface area contributed by atoms with Crippen LogP contribution < -0.4 is 15.0 Å². The molecule has 1 amide bonds. The molecule has 0 unspecified atom stereocenters. The first kappa shape index (κ1) is 25.4. The summed E-state index contributed by atoms with van der Waals surface area (Å²) in [7, 11) is 1.98. The van der Waals surface area contributed by atoms with Crippen molar-refractivity contribution in [2.75, 3.05) is 38.1 Å². The summed E-state index contributed by atoms with van der Waals surface area (Å²) in [5.74, 6) is 1.07. The SMILES string of the molecule is CNCC[C@@H](Oc1ccccc1CCN1CCC(N(C(C)=O)c2cccnc2)CC1)c1cccs1. The molecule has 1 aliphatic heterocycles. The van der Waals surface area contributed by atoms with Crippen molar-refractivity contribution in [2.45, 2.75) is 44.8 Å². The molecular weight excluding hydrogens is 456 g/mol. The first-order valence-electron chi connectivity index (χ1n) is 12.5. The van der Waals surface area contributed by atoms with E-state index in [1.54, 1.807) is 30.7 Å². The molecule has 2 aromatic heterocycles. The van der Waals surface area contributed by atoms with Gasteiger partial charge in [-0.3, -0.25) is 9.78 Å². The molecule has 6 nitrogen and oxygen atoms in total. The molecule has 3 aromatic rings. The number of thiophene rings is 1. The zero-order valence-electron chi connectivity index (χ0n) is 20.7. The number of benzene rings is 1. The van der Waals surface area contributed by atoms with Gasteiger partial charge in [-0.05, 0) is 68.1 Å². The average molecular weight is 493 g/mol. The summed E-state index contributed by atoms with van der Waals surface area (Å²) < 4.78 is 6.56. The zero-order chi connectivity index (χ0) is 24.5. The van der Waals surface area contributed by atoms with Crippen molar-refractivity contribution in [1.29, 1.82) is 0 Å². The van der Waals surface area contributed by atoms with E-state index in [0.717, 1.165) is 63.3 Å². The van der Waals surface area contributed by atoms with Gasteiger partial charge in [0.25, 0.3) is 0 Å². The van der Waals surface area contributed by atoms with Crippen molar-refractivity contribution in [2.24, 2.45) is 0 Å². The van der Waals surface area contributed by atoms with Crippen LogP contribution >= 0.6 is 11.3 Å². The van der Waals surface area contributed by atoms with Crippen LogP contribution in [0.1, 0.15) is 42.7 Å². The topological polar surface area (TPSA) is 57.7 Å². The number of nitrogens with zero attached hydrogens (tertiary/aromatic N) is 3. The highest BCUT2D eigenvalue weighted by molar-refractivity contribution is 7.10. The molecule has 35 heavy (non-hydrogen) atoms. The van der Waals surface area contributed by atoms with E-state index in [4.69, 9.17) is 4.74 Å². The fraction of sp³-hybridized carbons (Fsp3) is 0.429. The van der Waals surface area contributed by atoms with Crippen LogP contribution in [-0.4, -0.2) is 55.1 Å². The monoisotopic (exact) mass is 492 g/mol. The lowest BCUT2D eigenvalue weighted by atomic mass is 10.0. The molecule has 0 spiro atoms. The molecule has 4 rings (SSSR count). The molecule has 7 heteroatoms. The minimum absolute atomic E-state index is 0.0596. The fourth-order valence-corrected chi connectivity index (χ4v) is 5.60. The number of para-hydroxylation sites is 1. The van der Waals surface area contributed by atoms with Gasteiger partial charge in [0, 0.05) is 50.1 Å². The lowest BCUT2D eigenvalue weighted by Gasteiger charge is -2.38. The van der Waals surface area contributed by atoms with Crippen LogP contribution in [0.3, 0.4) is 0 Å². The summed E-state index contributed by atoms with van der Waals surface area (Å²) in [6.45, 7) is 5.52. The highest BCUT2D eigenvalue weighted by atomic mass is 32.1. The van der Waals surface area contributed by atoms with Crippen molar-refractivity contribution < 1.29 is 9.53 Å². The van der Waals surface area contributed by atoms with Crippen LogP contribution in [0.25, 0.3) is 0 Å². The number of nitrogens with one attached hydrogen (secondary N) is 1. The van der Waals surface area contributed by atoms with Gasteiger partial charge in [-0.1, -0.05) is 24.3 Å². The van der Waals surface area contributed by atoms with Gasteiger partial charge in [-0.15, -0.1) is 11.3 Å². The van der Waals surface area contributed by atoms with E-state index in [2.05, 4.69) is 57.0 Å². The normalized spacial score (nSPS) is 15.6. The highest BCUT2D eigenvalue weighted by Gasteiger charge is 2.27. The zero-order valence-corrected chi connectivity index (χ0v) is 21.5. The Morgan fingerprint density at radius 3 is 2.71 bits per heavy atom. The number of likely N-dealkylation sites (tertiary alicyclic amines) is 1. The van der Waals surface area contributed by atoms with Gasteiger partial charge in [0.1, 0.15) is 11.9 Å². The Hall–Kier alpha value is -2.74. The molecule has 1 atom stereocenters. The van der Waals surface area contributed by atoms with Crippen LogP contribution in [0.4, 0.5) is 5.69 Å². The molecular formula is C28H36N4O2S. The highest BCUT2D eigenvalue weighted by Crippen LogP contribution is 2.31. The average Bonchev–Trinajstić information content (AvgIpc) is 3.42. The quantitative estimate of drug-likeness (QED) is 0.411. The maximum absolute atomic E-state index is 12.4. The second-order valence-electron chi connectivity index (χ2n) is 9.04. The number of ether oxygens (including phenoxy) is 1. The van der Waals surface area contributed by atoms with Crippen molar-refractivity contribution in [3.8, 4) is 5.75 Å². The molecule has 0 saturated carbocycles. The third kappa shape index (κ3) is 6.90. The summed E-state index contributed by atoms with van der Waals surface area (Å²) in [5, 5.41) is 5.36. The van der Waals surface area contributed by atoms with Gasteiger partial charge in [0.15, 0.2) is 0 Å². The molecule has 0 aliphatic carbocycles. The minimum atomic E-state index is 0.0596. The number of rotatable bonds is 11. The lowest BCUT2D eigenvalue weighted by Crippen LogP contribution is -2.47. The van der Waals surface area contributed by atoms with Crippen molar-refractivity contribution in [3.05, 3.63) is 76.7 Å². The molecule has 0 bridgehead atoms. The Bertz CT molecular complexity index is 1040. The van der Waals surface area contributed by atoms with Crippen molar-refractivity contribution in [3.63, 3.8) is 0 Å². The van der Waals surface area contributed by atoms with Crippen LogP contribution in [0, 0.1) is 0 Å². The summed E-state index contributed by atoms with van der Waals surface area (Å²) in [6.07, 6.45) is 7.41. The number of hydrogen-bond acceptors (Lipinski definition) is 6. The fourth-order valence-electron chi connectivity index (χ4n) is 4.81. The number of hydrogen-bond donors (Lipinski definition) is 1. The number of carbonyl (C=O) groups is 1. The van der Waals surface area contributed by atoms with Crippen LogP contribution in [0.2, 0.25) is 0 Å². The van der Waals surface area contributed by atoms with E-state index in [-0.39, 0.29) is 18.1 Å². The van der Waals surface area contributed by atoms with E-state index in [1.165, 1.54) is 10.4 Å². The predicted octanol–water partition coefficient (Wildman–Crippen LogP) is 4.93. The van der Waals surface area contributed by atoms with Crippen LogP contribution in [0.15, 0.2) is 66.3 Å². The molecule has 3 heterocycles. The molecule has 1 aromatic carbocycles. The molecule has 1 fully saturated rings. The standard InChI is InChI=1S/C28H36N4O2S/c1-22(33)32(25-8-5-15-30-21-25)24-13-18-31(19-14-24)17-12-23-7-3-4-9-26(23)34-27(11-16-29-2)28-10-6-20-35-28/h3-10,15,20-21,24,27,29H,11-14,16-19H2,1-2H3/t27-/m1/s1. The van der Waals surface area contributed by atoms with Gasteiger partial charge >= 0.3 is 0 Å². The van der Waals surface area contributed by atoms with Crippen molar-refractivity contribution >= 4 is 22.9 Å². The third-order valence-electron chi connectivity index (χ3n) is 6.64. The maximum atomic E-state index is 12.4. The first-order valence-corrected chi connectivity index (χ1v) is 13.4. The van der Waals surface area contributed by atoms with Crippen LogP contribution in [-0.2, 0) is 11.2 Å². The first-order chi connectivity index (χ1) is 17.2. The van der Waals surface area contributed by atoms with E-state index in [1.807, 2.05) is 24.1 Å². The molecule has 1 saturated heterocycles. The van der Waals surface area contributed by atoms with Gasteiger partial charge in [-0.25, -0.2) is 0 Å². The lowest BCUT2D eigenvalue weighted by molar-refractivity contribution is -0.117. The van der Waals surface area contributed by atoms with Gasteiger partial charge in [-0.2, -0.15) is 0 Å². The number of carbonyl (C=O) groups excluding carboxylic acids is 1. The predicted molar refractivity (Wildman–Crippen MR) is 143 cm³/mol. The molecule has 186 valence electrons. The Morgan fingerprint density at radius 1 is 1.20 bits per heavy atom. The Balaban J connectivity index is 1.34. The molecule has 0 radical (unpaired) electrons. The van der Waals surface area contributed by atoms with E-state index in [9.17, 15) is 4.79 Å². The number of pyridine rings is 1. The Labute approximate surface area is 212 Å². The third-order valence-corrected chi connectivity index (χ3v) is 7.61. The summed E-state index contributed by atoms with van der Waals surface area (Å²) >= 11 is 1.75. The number of anilines is 1. The number of piperidine rings is 1. The molecule has 1 aliphatic rings. The second kappa shape index (κ2) is 12.8. The summed E-state index contributed by atoms with van der Waals surface area (Å²) in [4.78, 5) is 22.3. The van der Waals surface area contributed by atoms with E-state index < -0.39 is 0 Å². The smallest absolute Gasteiger partial charge is 0.224 e. The minimum Gasteiger partial charge on any atom is -0.485 e.